The maximum absolute atomic E-state index is 4.66. The number of hydrogen-bond donors (Lipinski definition) is 1. The average Bonchev–Trinajstić information content (AvgIpc) is 2.48. The number of aromatic nitrogens is 2. The normalized spacial score (nSPS) is 21.6. The van der Waals surface area contributed by atoms with Crippen molar-refractivity contribution in [3.05, 3.63) is 11.8 Å². The molecule has 3 heteroatoms. The molecule has 0 aromatic carbocycles. The predicted octanol–water partition coefficient (Wildman–Crippen LogP) is 2.56. The first kappa shape index (κ1) is 9.56. The number of rotatable bonds is 0. The molecular weight excluding hydrogens is 174 g/mol. The van der Waals surface area contributed by atoms with Gasteiger partial charge in [0.05, 0.1) is 11.7 Å². The Hall–Kier alpha value is -0.990. The van der Waals surface area contributed by atoms with E-state index in [9.17, 15) is 0 Å². The highest BCUT2D eigenvalue weighted by molar-refractivity contribution is 5.40. The molecule has 0 bridgehead atoms. The first-order valence-electron chi connectivity index (χ1n) is 5.32. The molecule has 1 unspecified atom stereocenters. The van der Waals surface area contributed by atoms with Crippen molar-refractivity contribution in [1.29, 1.82) is 0 Å². The Balaban J connectivity index is 2.40. The number of nitrogens with one attached hydrogen (secondary N) is 1. The van der Waals surface area contributed by atoms with Gasteiger partial charge in [-0.25, -0.2) is 4.68 Å². The highest BCUT2D eigenvalue weighted by Crippen LogP contribution is 2.29. The van der Waals surface area contributed by atoms with E-state index in [-0.39, 0.29) is 5.41 Å². The lowest BCUT2D eigenvalue weighted by Crippen LogP contribution is -2.21. The Labute approximate surface area is 85.5 Å². The van der Waals surface area contributed by atoms with Gasteiger partial charge in [0, 0.05) is 18.0 Å². The molecule has 1 aliphatic rings. The van der Waals surface area contributed by atoms with Gasteiger partial charge in [-0.1, -0.05) is 20.8 Å². The second-order valence-electron chi connectivity index (χ2n) is 5.17. The Morgan fingerprint density at radius 1 is 1.50 bits per heavy atom. The van der Waals surface area contributed by atoms with Gasteiger partial charge in [0.15, 0.2) is 0 Å². The lowest BCUT2D eigenvalue weighted by Gasteiger charge is -2.22. The van der Waals surface area contributed by atoms with E-state index in [1.165, 1.54) is 11.5 Å². The van der Waals surface area contributed by atoms with E-state index in [0.717, 1.165) is 13.0 Å². The predicted molar refractivity (Wildman–Crippen MR) is 58.7 cm³/mol. The summed E-state index contributed by atoms with van der Waals surface area (Å²) in [5, 5.41) is 8.04. The summed E-state index contributed by atoms with van der Waals surface area (Å²) < 4.78 is 2.12. The van der Waals surface area contributed by atoms with Gasteiger partial charge in [0.1, 0.15) is 5.82 Å². The van der Waals surface area contributed by atoms with Crippen LogP contribution in [0.15, 0.2) is 6.07 Å². The van der Waals surface area contributed by atoms with E-state index in [1.54, 1.807) is 0 Å². The molecule has 1 aromatic rings. The lowest BCUT2D eigenvalue weighted by atomic mass is 9.92. The van der Waals surface area contributed by atoms with Crippen molar-refractivity contribution in [2.24, 2.45) is 0 Å². The summed E-state index contributed by atoms with van der Waals surface area (Å²) in [5.41, 5.74) is 1.32. The average molecular weight is 193 g/mol. The van der Waals surface area contributed by atoms with Crippen LogP contribution in [-0.4, -0.2) is 16.3 Å². The van der Waals surface area contributed by atoms with Gasteiger partial charge in [-0.3, -0.25) is 0 Å². The first-order chi connectivity index (χ1) is 6.48. The maximum Gasteiger partial charge on any atom is 0.124 e. The zero-order valence-electron chi connectivity index (χ0n) is 9.46. The topological polar surface area (TPSA) is 29.9 Å². The van der Waals surface area contributed by atoms with E-state index in [0.29, 0.717) is 6.04 Å². The minimum absolute atomic E-state index is 0.145. The monoisotopic (exact) mass is 193 g/mol. The third-order valence-corrected chi connectivity index (χ3v) is 2.79. The molecule has 0 aliphatic carbocycles. The van der Waals surface area contributed by atoms with Crippen LogP contribution in [0, 0.1) is 0 Å². The van der Waals surface area contributed by atoms with E-state index in [4.69, 9.17) is 0 Å². The summed E-state index contributed by atoms with van der Waals surface area (Å²) in [6.07, 6.45) is 1.16. The molecule has 14 heavy (non-hydrogen) atoms. The first-order valence-corrected chi connectivity index (χ1v) is 5.32. The molecule has 0 amide bonds. The van der Waals surface area contributed by atoms with Gasteiger partial charge in [0.2, 0.25) is 0 Å². The Kier molecular flexibility index (Phi) is 2.05. The van der Waals surface area contributed by atoms with Crippen LogP contribution >= 0.6 is 0 Å². The standard InChI is InChI=1S/C11H19N3/c1-8-5-6-12-10-7-9(11(2,3)4)13-14(8)10/h7-8,12H,5-6H2,1-4H3. The van der Waals surface area contributed by atoms with Gasteiger partial charge in [-0.2, -0.15) is 5.10 Å². The smallest absolute Gasteiger partial charge is 0.124 e. The van der Waals surface area contributed by atoms with Crippen LogP contribution in [0.5, 0.6) is 0 Å². The summed E-state index contributed by atoms with van der Waals surface area (Å²) >= 11 is 0. The Bertz CT molecular complexity index is 333. The largest absolute Gasteiger partial charge is 0.370 e. The summed E-state index contributed by atoms with van der Waals surface area (Å²) in [5.74, 6) is 1.17. The number of fused-ring (bicyclic) bond motifs is 1. The Morgan fingerprint density at radius 3 is 2.79 bits per heavy atom. The van der Waals surface area contributed by atoms with Crippen LogP contribution in [0.25, 0.3) is 0 Å². The van der Waals surface area contributed by atoms with E-state index >= 15 is 0 Å². The van der Waals surface area contributed by atoms with Crippen LogP contribution in [0.3, 0.4) is 0 Å². The fourth-order valence-corrected chi connectivity index (χ4v) is 1.76. The molecule has 3 nitrogen and oxygen atoms in total. The van der Waals surface area contributed by atoms with Crippen molar-refractivity contribution in [3.8, 4) is 0 Å². The third-order valence-electron chi connectivity index (χ3n) is 2.79. The van der Waals surface area contributed by atoms with Gasteiger partial charge in [-0.15, -0.1) is 0 Å². The molecule has 0 saturated carbocycles. The molecule has 2 heterocycles. The van der Waals surface area contributed by atoms with Crippen LogP contribution in [-0.2, 0) is 5.41 Å². The van der Waals surface area contributed by atoms with Gasteiger partial charge in [0.25, 0.3) is 0 Å². The van der Waals surface area contributed by atoms with Crippen molar-refractivity contribution in [2.45, 2.75) is 45.6 Å². The molecule has 78 valence electrons. The van der Waals surface area contributed by atoms with Crippen LogP contribution in [0.2, 0.25) is 0 Å². The number of anilines is 1. The minimum atomic E-state index is 0.145. The zero-order valence-corrected chi connectivity index (χ0v) is 9.46. The summed E-state index contributed by atoms with van der Waals surface area (Å²) in [4.78, 5) is 0. The van der Waals surface area contributed by atoms with Crippen LogP contribution < -0.4 is 5.32 Å². The summed E-state index contributed by atoms with van der Waals surface area (Å²) in [6.45, 7) is 9.89. The van der Waals surface area contributed by atoms with Crippen LogP contribution in [0.4, 0.5) is 5.82 Å². The van der Waals surface area contributed by atoms with Crippen molar-refractivity contribution < 1.29 is 0 Å². The molecule has 0 saturated heterocycles. The number of hydrogen-bond acceptors (Lipinski definition) is 2. The van der Waals surface area contributed by atoms with Gasteiger partial charge in [-0.05, 0) is 13.3 Å². The van der Waals surface area contributed by atoms with E-state index in [2.05, 4.69) is 48.9 Å². The highest BCUT2D eigenvalue weighted by atomic mass is 15.4. The zero-order chi connectivity index (χ0) is 10.3. The molecule has 1 atom stereocenters. The van der Waals surface area contributed by atoms with E-state index in [1.807, 2.05) is 0 Å². The van der Waals surface area contributed by atoms with Crippen molar-refractivity contribution in [2.75, 3.05) is 11.9 Å². The maximum atomic E-state index is 4.66. The van der Waals surface area contributed by atoms with Crippen molar-refractivity contribution in [3.63, 3.8) is 0 Å². The molecule has 2 rings (SSSR count). The fraction of sp³-hybridized carbons (Fsp3) is 0.727. The molecule has 0 fully saturated rings. The van der Waals surface area contributed by atoms with E-state index < -0.39 is 0 Å². The molecular formula is C11H19N3. The number of nitrogens with zero attached hydrogens (tertiary/aromatic N) is 2. The minimum Gasteiger partial charge on any atom is -0.370 e. The second kappa shape index (κ2) is 3.01. The molecule has 1 aliphatic heterocycles. The Morgan fingerprint density at radius 2 is 2.21 bits per heavy atom. The van der Waals surface area contributed by atoms with Gasteiger partial charge >= 0.3 is 0 Å². The molecule has 0 spiro atoms. The fourth-order valence-electron chi connectivity index (χ4n) is 1.76. The highest BCUT2D eigenvalue weighted by Gasteiger charge is 2.23. The summed E-state index contributed by atoms with van der Waals surface area (Å²) in [7, 11) is 0. The van der Waals surface area contributed by atoms with Crippen molar-refractivity contribution >= 4 is 5.82 Å². The van der Waals surface area contributed by atoms with Gasteiger partial charge < -0.3 is 5.32 Å². The molecule has 1 aromatic heterocycles. The van der Waals surface area contributed by atoms with Crippen molar-refractivity contribution in [1.82, 2.24) is 9.78 Å². The second-order valence-corrected chi connectivity index (χ2v) is 5.17. The SMILES string of the molecule is CC1CCNc2cc(C(C)(C)C)nn21. The third kappa shape index (κ3) is 1.51. The molecule has 1 N–H and O–H groups in total. The lowest BCUT2D eigenvalue weighted by molar-refractivity contribution is 0.438. The molecule has 0 radical (unpaired) electrons. The van der Waals surface area contributed by atoms with Crippen LogP contribution in [0.1, 0.15) is 45.9 Å². The summed E-state index contributed by atoms with van der Waals surface area (Å²) in [6, 6.07) is 2.71. The quantitative estimate of drug-likeness (QED) is 0.686.